The van der Waals surface area contributed by atoms with Gasteiger partial charge in [-0.3, -0.25) is 23.0 Å². The number of hydrogen-bond donors (Lipinski definition) is 1. The van der Waals surface area contributed by atoms with E-state index in [-0.39, 0.29) is 35.0 Å². The molecule has 3 N–H and O–H groups in total. The maximum atomic E-state index is 10.5. The van der Waals surface area contributed by atoms with Crippen LogP contribution in [0.25, 0.3) is 0 Å². The van der Waals surface area contributed by atoms with Gasteiger partial charge in [-0.2, -0.15) is 0 Å². The third kappa shape index (κ3) is 3.07. The number of rotatable bonds is 0. The SMILES string of the molecule is O.O=c1[n-]c(=O)n(Br)c(=O)[nH]1.[Na+]. The number of H-pyrrole nitrogens is 1. The van der Waals surface area contributed by atoms with Gasteiger partial charge in [0.25, 0.3) is 0 Å². The van der Waals surface area contributed by atoms with Gasteiger partial charge in [0.15, 0.2) is 0 Å². The normalized spacial score (nSPS) is 8.08. The van der Waals surface area contributed by atoms with E-state index in [0.29, 0.717) is 3.59 Å². The molecule has 0 amide bonds. The molecule has 0 unspecified atom stereocenters. The fourth-order valence-corrected chi connectivity index (χ4v) is 0.554. The van der Waals surface area contributed by atoms with Crippen LogP contribution in [0, 0.1) is 0 Å². The summed E-state index contributed by atoms with van der Waals surface area (Å²) in [4.78, 5) is 35.8. The van der Waals surface area contributed by atoms with Gasteiger partial charge in [0.2, 0.25) is 17.1 Å². The Balaban J connectivity index is 0. The van der Waals surface area contributed by atoms with Gasteiger partial charge in [-0.25, -0.2) is 0 Å². The van der Waals surface area contributed by atoms with E-state index in [4.69, 9.17) is 0 Å². The van der Waals surface area contributed by atoms with Crippen LogP contribution in [0.5, 0.6) is 0 Å². The van der Waals surface area contributed by atoms with Crippen molar-refractivity contribution in [2.24, 2.45) is 0 Å². The van der Waals surface area contributed by atoms with Crippen LogP contribution in [-0.2, 0) is 0 Å². The molecule has 0 atom stereocenters. The van der Waals surface area contributed by atoms with E-state index >= 15 is 0 Å². The third-order valence-corrected chi connectivity index (χ3v) is 1.38. The van der Waals surface area contributed by atoms with E-state index in [9.17, 15) is 14.4 Å². The molecule has 12 heavy (non-hydrogen) atoms. The average molecular weight is 248 g/mol. The van der Waals surface area contributed by atoms with Crippen molar-refractivity contribution >= 4 is 16.1 Å². The minimum absolute atomic E-state index is 0. The first-order valence-corrected chi connectivity index (χ1v) is 2.89. The molecule has 1 aromatic rings. The second-order valence-corrected chi connectivity index (χ2v) is 2.12. The maximum absolute atomic E-state index is 10.5. The van der Waals surface area contributed by atoms with E-state index in [1.807, 2.05) is 0 Å². The molecule has 1 rings (SSSR count). The summed E-state index contributed by atoms with van der Waals surface area (Å²) < 4.78 is 0.522. The summed E-state index contributed by atoms with van der Waals surface area (Å²) >= 11 is 2.57. The molecular formula is C3H3BrN3NaO4. The summed E-state index contributed by atoms with van der Waals surface area (Å²) in [5.74, 6) is 0. The van der Waals surface area contributed by atoms with Gasteiger partial charge in [0, 0.05) is 0 Å². The third-order valence-electron chi connectivity index (χ3n) is 0.757. The van der Waals surface area contributed by atoms with Crippen LogP contribution in [0.15, 0.2) is 14.4 Å². The van der Waals surface area contributed by atoms with Crippen molar-refractivity contribution in [2.45, 2.75) is 0 Å². The summed E-state index contributed by atoms with van der Waals surface area (Å²) in [5, 5.41) is 0. The van der Waals surface area contributed by atoms with Crippen molar-refractivity contribution in [3.63, 3.8) is 0 Å². The number of nitrogens with one attached hydrogen (secondary N) is 1. The molecular weight excluding hydrogens is 245 g/mol. The van der Waals surface area contributed by atoms with Gasteiger partial charge in [-0.1, -0.05) is 0 Å². The zero-order chi connectivity index (χ0) is 7.72. The summed E-state index contributed by atoms with van der Waals surface area (Å²) in [5.41, 5.74) is -2.69. The van der Waals surface area contributed by atoms with Gasteiger partial charge in [0.05, 0.1) is 0 Å². The predicted octanol–water partition coefficient (Wildman–Crippen LogP) is -5.81. The summed E-state index contributed by atoms with van der Waals surface area (Å²) in [7, 11) is 0. The second kappa shape index (κ2) is 5.49. The maximum Gasteiger partial charge on any atom is 1.00 e. The van der Waals surface area contributed by atoms with Crippen molar-refractivity contribution in [1.29, 1.82) is 0 Å². The van der Waals surface area contributed by atoms with Crippen LogP contribution in [0.4, 0.5) is 0 Å². The first-order valence-electron chi connectivity index (χ1n) is 2.18. The van der Waals surface area contributed by atoms with Gasteiger partial charge in [-0.15, -0.1) is 0 Å². The van der Waals surface area contributed by atoms with Crippen LogP contribution < -0.4 is 51.6 Å². The Morgan fingerprint density at radius 3 is 2.25 bits per heavy atom. The Labute approximate surface area is 95.8 Å². The molecule has 0 bridgehead atoms. The van der Waals surface area contributed by atoms with E-state index in [1.165, 1.54) is 0 Å². The van der Waals surface area contributed by atoms with Crippen LogP contribution in [-0.4, -0.2) is 14.1 Å². The molecule has 0 spiro atoms. The largest absolute Gasteiger partial charge is 1.00 e. The fraction of sp³-hybridized carbons (Fsp3) is 0. The first kappa shape index (κ1) is 14.4. The second-order valence-electron chi connectivity index (χ2n) is 1.41. The molecule has 9 heteroatoms. The van der Waals surface area contributed by atoms with Crippen LogP contribution >= 0.6 is 16.1 Å². The minimum Gasteiger partial charge on any atom is -0.412 e. The summed E-state index contributed by atoms with van der Waals surface area (Å²) in [6.45, 7) is 0. The predicted molar refractivity (Wildman–Crippen MR) is 38.9 cm³/mol. The van der Waals surface area contributed by atoms with Crippen molar-refractivity contribution in [2.75, 3.05) is 0 Å². The summed E-state index contributed by atoms with van der Waals surface area (Å²) in [6, 6.07) is 0. The Kier molecular flexibility index (Phi) is 6.58. The van der Waals surface area contributed by atoms with Gasteiger partial charge < -0.3 is 10.5 Å². The van der Waals surface area contributed by atoms with E-state index < -0.39 is 17.1 Å². The van der Waals surface area contributed by atoms with Crippen molar-refractivity contribution in [3.8, 4) is 0 Å². The van der Waals surface area contributed by atoms with Gasteiger partial charge in [0.1, 0.15) is 0 Å². The molecule has 0 aliphatic carbocycles. The number of halogens is 1. The number of aromatic nitrogens is 3. The van der Waals surface area contributed by atoms with Crippen LogP contribution in [0.3, 0.4) is 0 Å². The Hall–Kier alpha value is -0.150. The van der Waals surface area contributed by atoms with E-state index in [1.54, 1.807) is 4.98 Å². The quantitative estimate of drug-likeness (QED) is 0.460. The molecule has 0 radical (unpaired) electrons. The fourth-order valence-electron chi connectivity index (χ4n) is 0.386. The molecule has 7 nitrogen and oxygen atoms in total. The number of nitrogens with zero attached hydrogens (tertiary/aromatic N) is 2. The van der Waals surface area contributed by atoms with Crippen molar-refractivity contribution in [1.82, 2.24) is 13.6 Å². The van der Waals surface area contributed by atoms with Crippen LogP contribution in [0.1, 0.15) is 0 Å². The Morgan fingerprint density at radius 1 is 1.33 bits per heavy atom. The zero-order valence-corrected chi connectivity index (χ0v) is 9.58. The molecule has 0 fully saturated rings. The monoisotopic (exact) mass is 247 g/mol. The van der Waals surface area contributed by atoms with E-state index in [0.717, 1.165) is 0 Å². The molecule has 0 aromatic carbocycles. The van der Waals surface area contributed by atoms with Gasteiger partial charge in [-0.05, 0) is 16.1 Å². The van der Waals surface area contributed by atoms with E-state index in [2.05, 4.69) is 21.1 Å². The van der Waals surface area contributed by atoms with Crippen molar-refractivity contribution < 1.29 is 35.0 Å². The standard InChI is InChI=1S/C3H2BrN3O3.Na.H2O/c4-7-2(9)5-1(8)6-3(7)10;;/h(H2,5,6,8,9,10);;1H2/q;+1;/p-1. The first-order chi connectivity index (χ1) is 4.61. The molecule has 0 aliphatic heterocycles. The summed E-state index contributed by atoms with van der Waals surface area (Å²) in [6.07, 6.45) is 0. The number of hydrogen-bond acceptors (Lipinski definition) is 3. The molecule has 1 heterocycles. The smallest absolute Gasteiger partial charge is 0.412 e. The minimum atomic E-state index is -0.939. The molecule has 0 saturated heterocycles. The molecule has 0 saturated carbocycles. The Bertz CT molecular complexity index is 371. The topological polar surface area (TPSA) is 118 Å². The number of aromatic amines is 1. The molecule has 62 valence electrons. The van der Waals surface area contributed by atoms with Crippen LogP contribution in [0.2, 0.25) is 0 Å². The molecule has 1 aromatic heterocycles. The molecule has 0 aliphatic rings. The zero-order valence-electron chi connectivity index (χ0n) is 6.00. The Morgan fingerprint density at radius 2 is 1.83 bits per heavy atom. The average Bonchev–Trinajstić information content (AvgIpc) is 1.82. The van der Waals surface area contributed by atoms with Crippen molar-refractivity contribution in [3.05, 3.63) is 31.5 Å². The van der Waals surface area contributed by atoms with Gasteiger partial charge >= 0.3 is 29.6 Å².